The molecule has 0 atom stereocenters. The molecule has 0 aliphatic rings. The molecule has 0 amide bonds. The molecule has 0 radical (unpaired) electrons. The summed E-state index contributed by atoms with van der Waals surface area (Å²) in [5, 5.41) is 0. The van der Waals surface area contributed by atoms with Crippen LogP contribution in [0, 0.1) is 0 Å². The molecule has 0 unspecified atom stereocenters. The van der Waals surface area contributed by atoms with Crippen molar-refractivity contribution >= 4 is 17.4 Å². The summed E-state index contributed by atoms with van der Waals surface area (Å²) in [6.07, 6.45) is 2.64. The van der Waals surface area contributed by atoms with Gasteiger partial charge >= 0.3 is 19.5 Å². The molecular formula is C4H10O4P2Zn. The van der Waals surface area contributed by atoms with Gasteiger partial charge in [0.15, 0.2) is 0 Å². The topological polar surface area (TPSA) is 80.3 Å². The van der Waals surface area contributed by atoms with E-state index in [9.17, 15) is 0 Å². The normalized spacial score (nSPS) is 6.55. The number of hydrogen-bond donors (Lipinski definition) is 0. The molecule has 0 heterocycles. The predicted octanol–water partition coefficient (Wildman–Crippen LogP) is 0.911. The Kier molecular flexibility index (Phi) is 93.2. The van der Waals surface area contributed by atoms with E-state index < -0.39 is 17.4 Å². The Morgan fingerprint density at radius 1 is 1.00 bits per heavy atom. The van der Waals surface area contributed by atoms with Gasteiger partial charge < -0.3 is 9.79 Å². The summed E-state index contributed by atoms with van der Waals surface area (Å²) in [6.45, 7) is 4.36. The molecule has 0 N–H and O–H groups in total. The fraction of sp³-hybridized carbons (Fsp3) is 1.00. The first-order valence-corrected chi connectivity index (χ1v) is 4.11. The zero-order valence-electron chi connectivity index (χ0n) is 6.65. The van der Waals surface area contributed by atoms with E-state index >= 15 is 0 Å². The third-order valence-corrected chi connectivity index (χ3v) is 0.500. The maximum atomic E-state index is 8.35. The van der Waals surface area contributed by atoms with Crippen LogP contribution in [0.25, 0.3) is 0 Å². The van der Waals surface area contributed by atoms with Gasteiger partial charge in [-0.3, -0.25) is 9.13 Å². The van der Waals surface area contributed by atoms with Crippen LogP contribution in [0.3, 0.4) is 0 Å². The van der Waals surface area contributed by atoms with Crippen LogP contribution in [-0.4, -0.2) is 0 Å². The van der Waals surface area contributed by atoms with Gasteiger partial charge in [0, 0.05) is 0 Å². The summed E-state index contributed by atoms with van der Waals surface area (Å²) in [4.78, 5) is 16.7. The summed E-state index contributed by atoms with van der Waals surface area (Å²) in [7, 11) is -2.17. The second kappa shape index (κ2) is 45.3. The molecule has 0 aliphatic heterocycles. The van der Waals surface area contributed by atoms with Crippen molar-refractivity contribution < 1.29 is 38.4 Å². The first-order chi connectivity index (χ1) is 4.74. The van der Waals surface area contributed by atoms with Crippen LogP contribution < -0.4 is 9.79 Å². The molecule has 62 valence electrons. The van der Waals surface area contributed by atoms with Crippen LogP contribution in [0.5, 0.6) is 0 Å². The van der Waals surface area contributed by atoms with Crippen molar-refractivity contribution in [2.75, 3.05) is 0 Å². The van der Waals surface area contributed by atoms with Crippen molar-refractivity contribution in [3.63, 3.8) is 0 Å². The van der Waals surface area contributed by atoms with E-state index in [1.807, 2.05) is 0 Å². The Morgan fingerprint density at radius 3 is 1.09 bits per heavy atom. The SMILES string of the molecule is CCCC.O=P[O-].O=P[O-].[Zn+2]. The van der Waals surface area contributed by atoms with Crippen molar-refractivity contribution in [2.45, 2.75) is 26.7 Å². The van der Waals surface area contributed by atoms with Gasteiger partial charge in [0.25, 0.3) is 0 Å². The van der Waals surface area contributed by atoms with Gasteiger partial charge in [0.05, 0.1) is 17.4 Å². The third kappa shape index (κ3) is 270. The predicted molar refractivity (Wildman–Crippen MR) is 35.8 cm³/mol. The van der Waals surface area contributed by atoms with Crippen molar-refractivity contribution in [3.05, 3.63) is 0 Å². The standard InChI is InChI=1S/C4H10.2HO2P.Zn/c1-3-4-2;2*1-3-2;/h3-4H2,1-2H3;2*(H,1,2);/q;;;+2/p-2. The fourth-order valence-electron chi connectivity index (χ4n) is 0. The van der Waals surface area contributed by atoms with E-state index in [0.29, 0.717) is 0 Å². The molecule has 0 spiro atoms. The molecule has 7 heteroatoms. The first-order valence-electron chi connectivity index (χ1n) is 2.64. The van der Waals surface area contributed by atoms with Crippen LogP contribution in [0.4, 0.5) is 0 Å². The quantitative estimate of drug-likeness (QED) is 0.511. The molecule has 0 saturated heterocycles. The van der Waals surface area contributed by atoms with Crippen LogP contribution in [0.2, 0.25) is 0 Å². The van der Waals surface area contributed by atoms with Crippen LogP contribution in [-0.2, 0) is 28.6 Å². The minimum atomic E-state index is -1.08. The van der Waals surface area contributed by atoms with Crippen molar-refractivity contribution in [1.29, 1.82) is 0 Å². The molecule has 0 aromatic heterocycles. The van der Waals surface area contributed by atoms with E-state index in [1.54, 1.807) is 0 Å². The van der Waals surface area contributed by atoms with Gasteiger partial charge in [0.1, 0.15) is 0 Å². The van der Waals surface area contributed by atoms with Gasteiger partial charge in [0.2, 0.25) is 0 Å². The molecule has 0 fully saturated rings. The Hall–Kier alpha value is 0.743. The molecule has 0 rings (SSSR count). The van der Waals surface area contributed by atoms with Gasteiger partial charge in [-0.25, -0.2) is 0 Å². The van der Waals surface area contributed by atoms with Crippen LogP contribution in [0.1, 0.15) is 26.7 Å². The Morgan fingerprint density at radius 2 is 1.09 bits per heavy atom. The Bertz CT molecular complexity index is 56.1. The van der Waals surface area contributed by atoms with E-state index in [2.05, 4.69) is 13.8 Å². The Balaban J connectivity index is -0.0000000325. The molecule has 0 aliphatic carbocycles. The minimum absolute atomic E-state index is 0. The molecule has 0 bridgehead atoms. The summed E-state index contributed by atoms with van der Waals surface area (Å²) < 4.78 is 16.7. The maximum absolute atomic E-state index is 8.35. The maximum Gasteiger partial charge on any atom is 2.00 e. The van der Waals surface area contributed by atoms with Crippen LogP contribution >= 0.6 is 17.4 Å². The van der Waals surface area contributed by atoms with Crippen LogP contribution in [0.15, 0.2) is 0 Å². The molecule has 0 saturated carbocycles. The van der Waals surface area contributed by atoms with E-state index in [4.69, 9.17) is 18.9 Å². The monoisotopic (exact) mass is 248 g/mol. The van der Waals surface area contributed by atoms with Gasteiger partial charge in [-0.1, -0.05) is 26.7 Å². The molecule has 0 aromatic carbocycles. The average molecular weight is 249 g/mol. The number of unbranched alkanes of at least 4 members (excludes halogenated alkanes) is 1. The molecule has 4 nitrogen and oxygen atoms in total. The second-order valence-corrected chi connectivity index (χ2v) is 1.45. The van der Waals surface area contributed by atoms with Crippen molar-refractivity contribution in [3.8, 4) is 0 Å². The number of hydrogen-bond acceptors (Lipinski definition) is 4. The van der Waals surface area contributed by atoms with E-state index in [0.717, 1.165) is 0 Å². The van der Waals surface area contributed by atoms with Gasteiger partial charge in [-0.2, -0.15) is 0 Å². The van der Waals surface area contributed by atoms with E-state index in [1.165, 1.54) is 12.8 Å². The average Bonchev–Trinajstić information content (AvgIpc) is 1.91. The summed E-state index contributed by atoms with van der Waals surface area (Å²) in [5.41, 5.74) is 0. The zero-order chi connectivity index (χ0) is 8.83. The molecule has 11 heavy (non-hydrogen) atoms. The molecule has 0 aromatic rings. The second-order valence-electron chi connectivity index (χ2n) is 1.15. The zero-order valence-corrected chi connectivity index (χ0v) is 11.4. The van der Waals surface area contributed by atoms with Crippen molar-refractivity contribution in [2.24, 2.45) is 0 Å². The first kappa shape index (κ1) is 22.6. The summed E-state index contributed by atoms with van der Waals surface area (Å²) in [5.74, 6) is 0. The summed E-state index contributed by atoms with van der Waals surface area (Å²) in [6, 6.07) is 0. The molecular weight excluding hydrogens is 239 g/mol. The fourth-order valence-corrected chi connectivity index (χ4v) is 0. The minimum Gasteiger partial charge on any atom is -0.772 e. The van der Waals surface area contributed by atoms with Gasteiger partial charge in [-0.15, -0.1) is 0 Å². The Labute approximate surface area is 82.7 Å². The van der Waals surface area contributed by atoms with Crippen molar-refractivity contribution in [1.82, 2.24) is 0 Å². The third-order valence-electron chi connectivity index (χ3n) is 0.500. The smallest absolute Gasteiger partial charge is 0.772 e. The van der Waals surface area contributed by atoms with E-state index in [-0.39, 0.29) is 19.5 Å². The number of rotatable bonds is 1. The summed E-state index contributed by atoms with van der Waals surface area (Å²) >= 11 is 0. The largest absolute Gasteiger partial charge is 2.00 e. The van der Waals surface area contributed by atoms with Gasteiger partial charge in [-0.05, 0) is 0 Å².